The predicted molar refractivity (Wildman–Crippen MR) is 131 cm³/mol. The van der Waals surface area contributed by atoms with Crippen molar-refractivity contribution in [1.82, 2.24) is 14.5 Å². The standard InChI is InChI=1S/C28H25F2N3O2/c1-3-28(29,30)23-11-6-20(7-12-23)17-24(34)16-19-4-8-21(9-5-19)26-27(32-15-14-31-26)22-10-13-25(35)33(2)18-22/h4-15,18H,3,16-17H2,1-2H3. The van der Waals surface area contributed by atoms with Gasteiger partial charge in [-0.05, 0) is 17.2 Å². The van der Waals surface area contributed by atoms with Crippen LogP contribution in [0, 0.1) is 0 Å². The third kappa shape index (κ3) is 5.57. The van der Waals surface area contributed by atoms with E-state index in [2.05, 4.69) is 9.97 Å². The van der Waals surface area contributed by atoms with Gasteiger partial charge in [0.2, 0.25) is 5.56 Å². The first kappa shape index (κ1) is 24.1. The molecule has 0 bridgehead atoms. The van der Waals surface area contributed by atoms with Crippen LogP contribution in [-0.4, -0.2) is 20.3 Å². The lowest BCUT2D eigenvalue weighted by atomic mass is 9.98. The van der Waals surface area contributed by atoms with Crippen LogP contribution >= 0.6 is 0 Å². The monoisotopic (exact) mass is 473 g/mol. The maximum atomic E-state index is 13.8. The molecule has 0 saturated heterocycles. The number of rotatable bonds is 8. The zero-order valence-electron chi connectivity index (χ0n) is 19.5. The Morgan fingerprint density at radius 1 is 0.829 bits per heavy atom. The minimum Gasteiger partial charge on any atom is -0.318 e. The molecule has 4 rings (SSSR count). The van der Waals surface area contributed by atoms with Gasteiger partial charge in [-0.1, -0.05) is 55.5 Å². The van der Waals surface area contributed by atoms with Crippen LogP contribution in [0.5, 0.6) is 0 Å². The fourth-order valence-corrected chi connectivity index (χ4v) is 3.86. The number of ketones is 1. The van der Waals surface area contributed by atoms with Crippen molar-refractivity contribution in [2.75, 3.05) is 0 Å². The molecule has 178 valence electrons. The molecule has 0 unspecified atom stereocenters. The van der Waals surface area contributed by atoms with Gasteiger partial charge >= 0.3 is 0 Å². The Bertz CT molecular complexity index is 1400. The molecule has 0 fully saturated rings. The summed E-state index contributed by atoms with van der Waals surface area (Å²) in [6, 6.07) is 16.7. The van der Waals surface area contributed by atoms with E-state index < -0.39 is 5.92 Å². The number of aromatic nitrogens is 3. The molecule has 0 radical (unpaired) electrons. The van der Waals surface area contributed by atoms with E-state index in [0.717, 1.165) is 16.7 Å². The summed E-state index contributed by atoms with van der Waals surface area (Å²) in [5.41, 5.74) is 4.36. The molecule has 0 N–H and O–H groups in total. The van der Waals surface area contributed by atoms with E-state index in [9.17, 15) is 18.4 Å². The number of nitrogens with zero attached hydrogens (tertiary/aromatic N) is 3. The van der Waals surface area contributed by atoms with Gasteiger partial charge in [0.05, 0.1) is 11.4 Å². The van der Waals surface area contributed by atoms with Crippen LogP contribution in [0.25, 0.3) is 22.5 Å². The van der Waals surface area contributed by atoms with E-state index in [1.54, 1.807) is 43.8 Å². The molecular weight excluding hydrogens is 448 g/mol. The Hall–Kier alpha value is -4.00. The largest absolute Gasteiger partial charge is 0.318 e. The van der Waals surface area contributed by atoms with Gasteiger partial charge in [-0.25, -0.2) is 8.78 Å². The van der Waals surface area contributed by atoms with Gasteiger partial charge in [-0.2, -0.15) is 0 Å². The third-order valence-corrected chi connectivity index (χ3v) is 5.91. The van der Waals surface area contributed by atoms with Gasteiger partial charge in [0.15, 0.2) is 0 Å². The van der Waals surface area contributed by atoms with Crippen molar-refractivity contribution >= 4 is 5.78 Å². The Morgan fingerprint density at radius 2 is 1.34 bits per heavy atom. The fraction of sp³-hybridized carbons (Fsp3) is 0.214. The van der Waals surface area contributed by atoms with E-state index in [0.29, 0.717) is 17.0 Å². The first-order chi connectivity index (χ1) is 16.8. The smallest absolute Gasteiger partial charge is 0.273 e. The van der Waals surface area contributed by atoms with Gasteiger partial charge in [0.1, 0.15) is 5.78 Å². The second-order valence-corrected chi connectivity index (χ2v) is 8.46. The number of hydrogen-bond donors (Lipinski definition) is 0. The lowest BCUT2D eigenvalue weighted by molar-refractivity contribution is -0.117. The molecule has 35 heavy (non-hydrogen) atoms. The van der Waals surface area contributed by atoms with E-state index in [-0.39, 0.29) is 36.2 Å². The highest BCUT2D eigenvalue weighted by atomic mass is 19.3. The molecule has 0 aliphatic heterocycles. The van der Waals surface area contributed by atoms with Crippen molar-refractivity contribution < 1.29 is 13.6 Å². The fourth-order valence-electron chi connectivity index (χ4n) is 3.86. The topological polar surface area (TPSA) is 64.8 Å². The minimum absolute atomic E-state index is 0.00172. The number of hydrogen-bond acceptors (Lipinski definition) is 4. The summed E-state index contributed by atoms with van der Waals surface area (Å²) in [6.45, 7) is 1.44. The normalized spacial score (nSPS) is 11.4. The summed E-state index contributed by atoms with van der Waals surface area (Å²) in [4.78, 5) is 33.3. The van der Waals surface area contributed by atoms with Crippen LogP contribution in [-0.2, 0) is 30.6 Å². The van der Waals surface area contributed by atoms with Crippen LogP contribution in [0.15, 0.2) is 84.0 Å². The Balaban J connectivity index is 1.47. The molecule has 0 amide bonds. The van der Waals surface area contributed by atoms with Crippen molar-refractivity contribution in [3.63, 3.8) is 0 Å². The van der Waals surface area contributed by atoms with E-state index in [1.165, 1.54) is 29.7 Å². The molecule has 5 nitrogen and oxygen atoms in total. The van der Waals surface area contributed by atoms with Gasteiger partial charge < -0.3 is 4.57 Å². The number of pyridine rings is 1. The van der Waals surface area contributed by atoms with Gasteiger partial charge in [-0.3, -0.25) is 19.6 Å². The number of carbonyl (C=O) groups excluding carboxylic acids is 1. The number of carbonyl (C=O) groups is 1. The van der Waals surface area contributed by atoms with Crippen molar-refractivity contribution in [1.29, 1.82) is 0 Å². The summed E-state index contributed by atoms with van der Waals surface area (Å²) in [7, 11) is 1.68. The molecule has 4 aromatic rings. The van der Waals surface area contributed by atoms with Crippen molar-refractivity contribution in [2.45, 2.75) is 32.1 Å². The zero-order valence-corrected chi connectivity index (χ0v) is 19.5. The van der Waals surface area contributed by atoms with Gasteiger partial charge in [0.25, 0.3) is 5.92 Å². The highest BCUT2D eigenvalue weighted by molar-refractivity contribution is 5.83. The van der Waals surface area contributed by atoms with Gasteiger partial charge in [-0.15, -0.1) is 0 Å². The third-order valence-electron chi connectivity index (χ3n) is 5.91. The second kappa shape index (κ2) is 10.1. The van der Waals surface area contributed by atoms with E-state index >= 15 is 0 Å². The highest BCUT2D eigenvalue weighted by Gasteiger charge is 2.28. The molecule has 0 spiro atoms. The van der Waals surface area contributed by atoms with Crippen molar-refractivity contribution in [3.05, 3.63) is 106 Å². The average molecular weight is 474 g/mol. The van der Waals surface area contributed by atoms with Gasteiger partial charge in [0, 0.05) is 67.7 Å². The SMILES string of the molecule is CCC(F)(F)c1ccc(CC(=O)Cc2ccc(-c3nccnc3-c3ccc(=O)n(C)c3)cc2)cc1. The minimum atomic E-state index is -2.86. The first-order valence-electron chi connectivity index (χ1n) is 11.3. The summed E-state index contributed by atoms with van der Waals surface area (Å²) >= 11 is 0. The molecule has 2 aromatic carbocycles. The maximum absolute atomic E-state index is 13.8. The summed E-state index contributed by atoms with van der Waals surface area (Å²) in [6.07, 6.45) is 5.09. The molecule has 7 heteroatoms. The van der Waals surface area contributed by atoms with Crippen LogP contribution < -0.4 is 5.56 Å². The highest BCUT2D eigenvalue weighted by Crippen LogP contribution is 2.31. The van der Waals surface area contributed by atoms with E-state index in [4.69, 9.17) is 0 Å². The zero-order chi connectivity index (χ0) is 25.0. The number of halogens is 2. The Morgan fingerprint density at radius 3 is 1.89 bits per heavy atom. The van der Waals surface area contributed by atoms with Crippen molar-refractivity contribution in [2.24, 2.45) is 7.05 Å². The maximum Gasteiger partial charge on any atom is 0.273 e. The van der Waals surface area contributed by atoms with Crippen molar-refractivity contribution in [3.8, 4) is 22.5 Å². The number of benzene rings is 2. The number of Topliss-reactive ketones (excluding diaryl/α,β-unsaturated/α-hetero) is 1. The molecule has 0 saturated carbocycles. The molecule has 0 aliphatic rings. The predicted octanol–water partition coefficient (Wildman–Crippen LogP) is 5.37. The second-order valence-electron chi connectivity index (χ2n) is 8.46. The number of aryl methyl sites for hydroxylation is 1. The first-order valence-corrected chi connectivity index (χ1v) is 11.3. The molecular formula is C28H25F2N3O2. The summed E-state index contributed by atoms with van der Waals surface area (Å²) in [5.74, 6) is -2.86. The molecule has 2 heterocycles. The Kier molecular flexibility index (Phi) is 6.96. The molecule has 2 aromatic heterocycles. The average Bonchev–Trinajstić information content (AvgIpc) is 2.86. The number of alkyl halides is 2. The molecule has 0 aliphatic carbocycles. The van der Waals surface area contributed by atoms with Crippen LogP contribution in [0.2, 0.25) is 0 Å². The quantitative estimate of drug-likeness (QED) is 0.345. The lowest BCUT2D eigenvalue weighted by Crippen LogP contribution is -2.14. The molecule has 0 atom stereocenters. The summed E-state index contributed by atoms with van der Waals surface area (Å²) < 4.78 is 29.1. The van der Waals surface area contributed by atoms with Crippen LogP contribution in [0.1, 0.15) is 30.0 Å². The summed E-state index contributed by atoms with van der Waals surface area (Å²) in [5, 5.41) is 0. The lowest BCUT2D eigenvalue weighted by Gasteiger charge is -2.14. The Labute approximate surface area is 202 Å². The van der Waals surface area contributed by atoms with Crippen LogP contribution in [0.3, 0.4) is 0 Å². The van der Waals surface area contributed by atoms with Crippen LogP contribution in [0.4, 0.5) is 8.78 Å². The van der Waals surface area contributed by atoms with E-state index in [1.807, 2.05) is 24.3 Å².